The third-order valence-electron chi connectivity index (χ3n) is 5.56. The molecule has 2 saturated heterocycles. The van der Waals surface area contributed by atoms with Gasteiger partial charge in [-0.25, -0.2) is 0 Å². The van der Waals surface area contributed by atoms with Gasteiger partial charge in [-0.2, -0.15) is 5.10 Å². The minimum Gasteiger partial charge on any atom is -0.395 e. The van der Waals surface area contributed by atoms with Crippen molar-refractivity contribution in [2.75, 3.05) is 75.3 Å². The quantitative estimate of drug-likeness (QED) is 0.669. The number of amides is 1. The third kappa shape index (κ3) is 4.83. The topological polar surface area (TPSA) is 93.9 Å². The van der Waals surface area contributed by atoms with Crippen molar-refractivity contribution >= 4 is 17.5 Å². The van der Waals surface area contributed by atoms with Crippen LogP contribution in [0.4, 0.5) is 11.6 Å². The molecule has 4 rings (SSSR count). The molecule has 0 saturated carbocycles. The van der Waals surface area contributed by atoms with Gasteiger partial charge in [0.2, 0.25) is 5.91 Å². The lowest BCUT2D eigenvalue weighted by atomic mass is 10.3. The molecule has 1 amide bonds. The van der Waals surface area contributed by atoms with Crippen molar-refractivity contribution in [3.63, 3.8) is 0 Å². The van der Waals surface area contributed by atoms with Crippen molar-refractivity contribution in [3.05, 3.63) is 30.6 Å². The average Bonchev–Trinajstić information content (AvgIpc) is 3.28. The van der Waals surface area contributed by atoms with Gasteiger partial charge in [0.1, 0.15) is 6.54 Å². The summed E-state index contributed by atoms with van der Waals surface area (Å²) < 4.78 is 1.66. The second-order valence-electron chi connectivity index (χ2n) is 7.37. The first-order chi connectivity index (χ1) is 14.2. The van der Waals surface area contributed by atoms with Gasteiger partial charge in [0.05, 0.1) is 6.61 Å². The summed E-state index contributed by atoms with van der Waals surface area (Å²) in [5.74, 6) is 1.84. The number of carbonyl (C=O) groups is 1. The SMILES string of the molecule is O=C(Cn1cccn1)N1CCN(c2ccc(N3CCN(CCO)CC3)nn2)CC1. The number of aliphatic hydroxyl groups excluding tert-OH is 1. The Hall–Kier alpha value is -2.72. The number of anilines is 2. The molecule has 2 aliphatic heterocycles. The Bertz CT molecular complexity index is 766. The Morgan fingerprint density at radius 1 is 0.931 bits per heavy atom. The highest BCUT2D eigenvalue weighted by molar-refractivity contribution is 5.76. The molecule has 0 radical (unpaired) electrons. The monoisotopic (exact) mass is 400 g/mol. The van der Waals surface area contributed by atoms with Crippen molar-refractivity contribution < 1.29 is 9.90 Å². The number of nitrogens with zero attached hydrogens (tertiary/aromatic N) is 8. The van der Waals surface area contributed by atoms with Crippen LogP contribution in [0.5, 0.6) is 0 Å². The van der Waals surface area contributed by atoms with Crippen molar-refractivity contribution in [2.45, 2.75) is 6.54 Å². The normalized spacial score (nSPS) is 18.3. The lowest BCUT2D eigenvalue weighted by Crippen LogP contribution is -2.50. The molecule has 0 aromatic carbocycles. The molecule has 2 aromatic heterocycles. The van der Waals surface area contributed by atoms with Gasteiger partial charge in [0.15, 0.2) is 11.6 Å². The van der Waals surface area contributed by atoms with Gasteiger partial charge in [0.25, 0.3) is 0 Å². The largest absolute Gasteiger partial charge is 0.395 e. The molecule has 0 atom stereocenters. The van der Waals surface area contributed by atoms with E-state index in [1.165, 1.54) is 0 Å². The van der Waals surface area contributed by atoms with E-state index in [9.17, 15) is 4.79 Å². The molecule has 0 aliphatic carbocycles. The van der Waals surface area contributed by atoms with Gasteiger partial charge in [-0.1, -0.05) is 0 Å². The fourth-order valence-corrected chi connectivity index (χ4v) is 3.82. The van der Waals surface area contributed by atoms with E-state index >= 15 is 0 Å². The fourth-order valence-electron chi connectivity index (χ4n) is 3.82. The maximum Gasteiger partial charge on any atom is 0.244 e. The smallest absolute Gasteiger partial charge is 0.244 e. The molecule has 156 valence electrons. The van der Waals surface area contributed by atoms with Crippen molar-refractivity contribution in [1.29, 1.82) is 0 Å². The molecule has 4 heterocycles. The van der Waals surface area contributed by atoms with Crippen LogP contribution in [0.1, 0.15) is 0 Å². The first-order valence-corrected chi connectivity index (χ1v) is 10.1. The molecule has 29 heavy (non-hydrogen) atoms. The van der Waals surface area contributed by atoms with E-state index < -0.39 is 0 Å². The van der Waals surface area contributed by atoms with Gasteiger partial charge in [-0.3, -0.25) is 14.4 Å². The predicted molar refractivity (Wildman–Crippen MR) is 109 cm³/mol. The number of carbonyl (C=O) groups excluding carboxylic acids is 1. The van der Waals surface area contributed by atoms with E-state index in [2.05, 4.69) is 30.0 Å². The molecule has 2 fully saturated rings. The molecule has 0 unspecified atom stereocenters. The molecule has 0 spiro atoms. The van der Waals surface area contributed by atoms with Crippen LogP contribution in [0.3, 0.4) is 0 Å². The second kappa shape index (κ2) is 9.19. The zero-order chi connectivity index (χ0) is 20.1. The molecule has 10 heteroatoms. The first kappa shape index (κ1) is 19.6. The fraction of sp³-hybridized carbons (Fsp3) is 0.579. The zero-order valence-electron chi connectivity index (χ0n) is 16.6. The summed E-state index contributed by atoms with van der Waals surface area (Å²) in [4.78, 5) is 20.9. The standard InChI is InChI=1S/C19H28N8O2/c28-15-14-23-6-8-24(9-7-23)17-2-3-18(22-21-17)25-10-12-26(13-11-25)19(29)16-27-5-1-4-20-27/h1-5,28H,6-16H2. The highest BCUT2D eigenvalue weighted by atomic mass is 16.3. The summed E-state index contributed by atoms with van der Waals surface area (Å²) in [5.41, 5.74) is 0. The van der Waals surface area contributed by atoms with E-state index in [1.54, 1.807) is 17.1 Å². The number of aromatic nitrogens is 4. The van der Waals surface area contributed by atoms with Gasteiger partial charge in [-0.15, -0.1) is 10.2 Å². The molecular weight excluding hydrogens is 372 g/mol. The maximum atomic E-state index is 12.4. The zero-order valence-corrected chi connectivity index (χ0v) is 16.6. The van der Waals surface area contributed by atoms with Crippen LogP contribution >= 0.6 is 0 Å². The first-order valence-electron chi connectivity index (χ1n) is 10.1. The van der Waals surface area contributed by atoms with E-state index in [1.807, 2.05) is 23.1 Å². The van der Waals surface area contributed by atoms with Gasteiger partial charge in [0, 0.05) is 71.3 Å². The van der Waals surface area contributed by atoms with E-state index in [0.29, 0.717) is 13.1 Å². The van der Waals surface area contributed by atoms with Crippen LogP contribution < -0.4 is 9.80 Å². The summed E-state index contributed by atoms with van der Waals surface area (Å²) in [7, 11) is 0. The summed E-state index contributed by atoms with van der Waals surface area (Å²) in [6.07, 6.45) is 3.49. The number of hydrogen-bond acceptors (Lipinski definition) is 8. The summed E-state index contributed by atoms with van der Waals surface area (Å²) in [6, 6.07) is 5.87. The van der Waals surface area contributed by atoms with Crippen LogP contribution in [-0.2, 0) is 11.3 Å². The molecule has 1 N–H and O–H groups in total. The summed E-state index contributed by atoms with van der Waals surface area (Å²) >= 11 is 0. The van der Waals surface area contributed by atoms with Crippen LogP contribution in [0.2, 0.25) is 0 Å². The summed E-state index contributed by atoms with van der Waals surface area (Å²) in [6.45, 7) is 7.72. The van der Waals surface area contributed by atoms with Crippen LogP contribution in [0.25, 0.3) is 0 Å². The minimum absolute atomic E-state index is 0.0927. The van der Waals surface area contributed by atoms with Crippen molar-refractivity contribution in [2.24, 2.45) is 0 Å². The van der Waals surface area contributed by atoms with Crippen molar-refractivity contribution in [1.82, 2.24) is 29.8 Å². The number of β-amino-alcohol motifs (C(OH)–C–C–N with tert-alkyl or cyclic N) is 1. The lowest BCUT2D eigenvalue weighted by molar-refractivity contribution is -0.132. The van der Waals surface area contributed by atoms with Crippen LogP contribution in [0, 0.1) is 0 Å². The van der Waals surface area contributed by atoms with Gasteiger partial charge in [-0.05, 0) is 18.2 Å². The number of piperazine rings is 2. The van der Waals surface area contributed by atoms with Crippen molar-refractivity contribution in [3.8, 4) is 0 Å². The minimum atomic E-state index is 0.0927. The van der Waals surface area contributed by atoms with E-state index in [-0.39, 0.29) is 19.1 Å². The average molecular weight is 400 g/mol. The molecule has 2 aliphatic rings. The lowest BCUT2D eigenvalue weighted by Gasteiger charge is -2.36. The predicted octanol–water partition coefficient (Wildman–Crippen LogP) is -0.864. The molecule has 0 bridgehead atoms. The second-order valence-corrected chi connectivity index (χ2v) is 7.37. The third-order valence-corrected chi connectivity index (χ3v) is 5.56. The number of hydrogen-bond donors (Lipinski definition) is 1. The number of rotatable bonds is 6. The number of aliphatic hydroxyl groups is 1. The van der Waals surface area contributed by atoms with Crippen LogP contribution in [-0.4, -0.2) is 106 Å². The maximum absolute atomic E-state index is 12.4. The highest BCUT2D eigenvalue weighted by Crippen LogP contribution is 2.18. The van der Waals surface area contributed by atoms with E-state index in [4.69, 9.17) is 5.11 Å². The van der Waals surface area contributed by atoms with E-state index in [0.717, 1.165) is 57.4 Å². The van der Waals surface area contributed by atoms with Crippen LogP contribution in [0.15, 0.2) is 30.6 Å². The van der Waals surface area contributed by atoms with Gasteiger partial charge < -0.3 is 19.8 Å². The Kier molecular flexibility index (Phi) is 6.20. The molecular formula is C19H28N8O2. The molecule has 10 nitrogen and oxygen atoms in total. The highest BCUT2D eigenvalue weighted by Gasteiger charge is 2.23. The Morgan fingerprint density at radius 3 is 2.07 bits per heavy atom. The Labute approximate surface area is 170 Å². The van der Waals surface area contributed by atoms with Gasteiger partial charge >= 0.3 is 0 Å². The Morgan fingerprint density at radius 2 is 1.55 bits per heavy atom. The molecule has 2 aromatic rings. The Balaban J connectivity index is 1.26. The summed E-state index contributed by atoms with van der Waals surface area (Å²) in [5, 5.41) is 22.0.